The van der Waals surface area contributed by atoms with Gasteiger partial charge in [-0.1, -0.05) is 42.5 Å². The summed E-state index contributed by atoms with van der Waals surface area (Å²) < 4.78 is 18.3. The zero-order valence-corrected chi connectivity index (χ0v) is 24.4. The Morgan fingerprint density at radius 3 is 2.19 bits per heavy atom. The van der Waals surface area contributed by atoms with E-state index in [1.807, 2.05) is 54.1 Å². The number of hydrogen-bond donors (Lipinski definition) is 2. The summed E-state index contributed by atoms with van der Waals surface area (Å²) in [6.45, 7) is 6.70. The zero-order valence-electron chi connectivity index (χ0n) is 24.4. The molecule has 0 saturated carbocycles. The molecule has 0 unspecified atom stereocenters. The molecule has 0 spiro atoms. The summed E-state index contributed by atoms with van der Waals surface area (Å²) in [6, 6.07) is 23.8. The van der Waals surface area contributed by atoms with Gasteiger partial charge >= 0.3 is 12.1 Å². The minimum absolute atomic E-state index is 0.00520. The number of carbonyl (C=O) groups excluding carboxylic acids is 1. The van der Waals surface area contributed by atoms with Crippen LogP contribution in [0.1, 0.15) is 37.1 Å². The SMILES string of the molecule is COc1ccc(-c2ccc(-c3cc(C)n(CCOc4ccc(CCC(=O)O)c(CNC(=O)OC(C)C)c4)n3)cc2)cc1. The summed E-state index contributed by atoms with van der Waals surface area (Å²) in [7, 11) is 1.66. The van der Waals surface area contributed by atoms with Crippen molar-refractivity contribution in [3.8, 4) is 33.9 Å². The fourth-order valence-electron chi connectivity index (χ4n) is 4.51. The smallest absolute Gasteiger partial charge is 0.407 e. The summed E-state index contributed by atoms with van der Waals surface area (Å²) >= 11 is 0. The van der Waals surface area contributed by atoms with Gasteiger partial charge in [-0.2, -0.15) is 5.10 Å². The Balaban J connectivity index is 1.38. The van der Waals surface area contributed by atoms with Crippen molar-refractivity contribution >= 4 is 12.1 Å². The highest BCUT2D eigenvalue weighted by Gasteiger charge is 2.12. The minimum atomic E-state index is -0.879. The molecule has 0 bridgehead atoms. The molecule has 0 aliphatic carbocycles. The van der Waals surface area contributed by atoms with E-state index >= 15 is 0 Å². The lowest BCUT2D eigenvalue weighted by atomic mass is 10.0. The Labute approximate surface area is 246 Å². The normalized spacial score (nSPS) is 10.9. The van der Waals surface area contributed by atoms with Gasteiger partial charge in [0.05, 0.1) is 25.5 Å². The van der Waals surface area contributed by atoms with E-state index < -0.39 is 12.1 Å². The van der Waals surface area contributed by atoms with E-state index in [2.05, 4.69) is 35.6 Å². The van der Waals surface area contributed by atoms with E-state index in [0.29, 0.717) is 25.3 Å². The quantitative estimate of drug-likeness (QED) is 0.195. The van der Waals surface area contributed by atoms with Crippen LogP contribution in [0.2, 0.25) is 0 Å². The van der Waals surface area contributed by atoms with Crippen LogP contribution < -0.4 is 14.8 Å². The summed E-state index contributed by atoms with van der Waals surface area (Å²) in [6.07, 6.45) is -0.422. The average molecular weight is 572 g/mol. The molecule has 0 aliphatic rings. The molecule has 0 radical (unpaired) electrons. The second kappa shape index (κ2) is 14.2. The molecule has 0 saturated heterocycles. The number of carboxylic acids is 1. The van der Waals surface area contributed by atoms with Gasteiger partial charge in [-0.05, 0) is 79.8 Å². The minimum Gasteiger partial charge on any atom is -0.497 e. The number of aromatic nitrogens is 2. The van der Waals surface area contributed by atoms with E-state index in [0.717, 1.165) is 45.0 Å². The number of benzene rings is 3. The average Bonchev–Trinajstić information content (AvgIpc) is 3.35. The summed E-state index contributed by atoms with van der Waals surface area (Å²) in [4.78, 5) is 23.1. The molecular weight excluding hydrogens is 534 g/mol. The highest BCUT2D eigenvalue weighted by molar-refractivity contribution is 5.70. The number of methoxy groups -OCH3 is 1. The molecule has 0 aliphatic heterocycles. The Hall–Kier alpha value is -4.79. The van der Waals surface area contributed by atoms with Crippen LogP contribution in [-0.2, 0) is 29.0 Å². The maximum absolute atomic E-state index is 12.0. The molecule has 0 fully saturated rings. The van der Waals surface area contributed by atoms with Crippen molar-refractivity contribution in [2.75, 3.05) is 13.7 Å². The number of carbonyl (C=O) groups is 2. The van der Waals surface area contributed by atoms with E-state index in [1.54, 1.807) is 21.0 Å². The van der Waals surface area contributed by atoms with Crippen LogP contribution in [-0.4, -0.2) is 46.8 Å². The molecule has 0 atom stereocenters. The third-order valence-electron chi connectivity index (χ3n) is 6.71. The maximum atomic E-state index is 12.0. The molecule has 2 N–H and O–H groups in total. The summed E-state index contributed by atoms with van der Waals surface area (Å²) in [5.74, 6) is 0.576. The van der Waals surface area contributed by atoms with Crippen molar-refractivity contribution < 1.29 is 28.9 Å². The van der Waals surface area contributed by atoms with Gasteiger partial charge in [0.2, 0.25) is 0 Å². The van der Waals surface area contributed by atoms with Crippen molar-refractivity contribution in [1.82, 2.24) is 15.1 Å². The zero-order chi connectivity index (χ0) is 30.1. The first-order valence-electron chi connectivity index (χ1n) is 13.9. The second-order valence-electron chi connectivity index (χ2n) is 10.2. The first-order valence-corrected chi connectivity index (χ1v) is 13.9. The number of nitrogens with zero attached hydrogens (tertiary/aromatic N) is 2. The van der Waals surface area contributed by atoms with Gasteiger partial charge in [-0.15, -0.1) is 0 Å². The Kier molecular flexibility index (Phi) is 10.2. The van der Waals surface area contributed by atoms with Gasteiger partial charge < -0.3 is 24.6 Å². The van der Waals surface area contributed by atoms with Crippen LogP contribution in [0, 0.1) is 6.92 Å². The number of aliphatic carboxylic acids is 1. The van der Waals surface area contributed by atoms with Crippen LogP contribution in [0.3, 0.4) is 0 Å². The van der Waals surface area contributed by atoms with Crippen LogP contribution in [0.15, 0.2) is 72.8 Å². The van der Waals surface area contributed by atoms with Crippen LogP contribution >= 0.6 is 0 Å². The molecule has 220 valence electrons. The molecule has 4 rings (SSSR count). The number of ether oxygens (including phenoxy) is 3. The first kappa shape index (κ1) is 30.2. The molecule has 4 aromatic rings. The second-order valence-corrected chi connectivity index (χ2v) is 10.2. The van der Waals surface area contributed by atoms with Crippen LogP contribution in [0.25, 0.3) is 22.4 Å². The van der Waals surface area contributed by atoms with E-state index in [1.165, 1.54) is 0 Å². The number of hydrogen-bond acceptors (Lipinski definition) is 6. The van der Waals surface area contributed by atoms with Gasteiger partial charge in [0.25, 0.3) is 0 Å². The van der Waals surface area contributed by atoms with Gasteiger partial charge in [-0.3, -0.25) is 9.48 Å². The number of nitrogens with one attached hydrogen (secondary N) is 1. The molecule has 9 heteroatoms. The highest BCUT2D eigenvalue weighted by atomic mass is 16.6. The first-order chi connectivity index (χ1) is 20.2. The van der Waals surface area contributed by atoms with Crippen molar-refractivity contribution in [2.45, 2.75) is 52.8 Å². The lowest BCUT2D eigenvalue weighted by molar-refractivity contribution is -0.136. The number of carboxylic acid groups (broad SMARTS) is 1. The third kappa shape index (κ3) is 8.36. The Morgan fingerprint density at radius 1 is 0.905 bits per heavy atom. The standard InChI is InChI=1S/C33H37N3O6/c1-22(2)42-33(39)34-21-28-20-30(15-11-26(28)12-16-32(37)38)41-18-17-36-23(3)19-31(35-36)27-7-5-24(6-8-27)25-9-13-29(40-4)14-10-25/h5-11,13-15,19-20,22H,12,16-18,21H2,1-4H3,(H,34,39)(H,37,38). The molecule has 1 amide bonds. The number of alkyl carbamates (subject to hydrolysis) is 1. The lowest BCUT2D eigenvalue weighted by Crippen LogP contribution is -2.26. The topological polar surface area (TPSA) is 112 Å². The van der Waals surface area contributed by atoms with Crippen molar-refractivity contribution in [3.63, 3.8) is 0 Å². The van der Waals surface area contributed by atoms with Gasteiger partial charge in [0.15, 0.2) is 0 Å². The highest BCUT2D eigenvalue weighted by Crippen LogP contribution is 2.26. The predicted molar refractivity (Wildman–Crippen MR) is 161 cm³/mol. The van der Waals surface area contributed by atoms with Gasteiger partial charge in [0, 0.05) is 24.2 Å². The maximum Gasteiger partial charge on any atom is 0.407 e. The summed E-state index contributed by atoms with van der Waals surface area (Å²) in [5, 5.41) is 16.6. The lowest BCUT2D eigenvalue weighted by Gasteiger charge is -2.14. The van der Waals surface area contributed by atoms with Gasteiger partial charge in [-0.25, -0.2) is 4.79 Å². The molecule has 9 nitrogen and oxygen atoms in total. The number of amides is 1. The van der Waals surface area contributed by atoms with Gasteiger partial charge in [0.1, 0.15) is 18.1 Å². The van der Waals surface area contributed by atoms with Crippen molar-refractivity contribution in [2.24, 2.45) is 0 Å². The van der Waals surface area contributed by atoms with Crippen molar-refractivity contribution in [1.29, 1.82) is 0 Å². The molecular formula is C33H37N3O6. The fraction of sp³-hybridized carbons (Fsp3) is 0.303. The number of rotatable bonds is 13. The van der Waals surface area contributed by atoms with E-state index in [4.69, 9.17) is 24.4 Å². The Bertz CT molecular complexity index is 1490. The predicted octanol–water partition coefficient (Wildman–Crippen LogP) is 6.26. The largest absolute Gasteiger partial charge is 0.497 e. The molecule has 1 aromatic heterocycles. The Morgan fingerprint density at radius 2 is 1.55 bits per heavy atom. The number of aryl methyl sites for hydroxylation is 2. The van der Waals surface area contributed by atoms with Crippen LogP contribution in [0.5, 0.6) is 11.5 Å². The van der Waals surface area contributed by atoms with E-state index in [-0.39, 0.29) is 19.1 Å². The molecule has 1 heterocycles. The molecule has 42 heavy (non-hydrogen) atoms. The fourth-order valence-corrected chi connectivity index (χ4v) is 4.51. The van der Waals surface area contributed by atoms with Crippen LogP contribution in [0.4, 0.5) is 4.79 Å². The third-order valence-corrected chi connectivity index (χ3v) is 6.71. The summed E-state index contributed by atoms with van der Waals surface area (Å²) in [5.41, 5.74) is 6.78. The van der Waals surface area contributed by atoms with Crippen molar-refractivity contribution in [3.05, 3.63) is 89.6 Å². The van der Waals surface area contributed by atoms with E-state index in [9.17, 15) is 9.59 Å². The monoisotopic (exact) mass is 571 g/mol. The molecule has 3 aromatic carbocycles.